The van der Waals surface area contributed by atoms with Gasteiger partial charge in [0.05, 0.1) is 7.11 Å². The molecule has 0 saturated carbocycles. The molecule has 0 heterocycles. The molecule has 0 amide bonds. The maximum absolute atomic E-state index is 5.32. The SMILES string of the molecule is CNC(C)CCc1cc(C)c(OC)cc1C. The second-order valence-electron chi connectivity index (χ2n) is 4.48. The van der Waals surface area contributed by atoms with E-state index in [9.17, 15) is 0 Å². The lowest BCUT2D eigenvalue weighted by atomic mass is 9.99. The second-order valence-corrected chi connectivity index (χ2v) is 4.48. The predicted octanol–water partition coefficient (Wildman–Crippen LogP) is 2.85. The van der Waals surface area contributed by atoms with Gasteiger partial charge in [-0.25, -0.2) is 0 Å². The van der Waals surface area contributed by atoms with Crippen molar-refractivity contribution < 1.29 is 4.74 Å². The average molecular weight is 221 g/mol. The van der Waals surface area contributed by atoms with Crippen LogP contribution in [0.4, 0.5) is 0 Å². The molecule has 0 saturated heterocycles. The summed E-state index contributed by atoms with van der Waals surface area (Å²) >= 11 is 0. The van der Waals surface area contributed by atoms with Crippen molar-refractivity contribution in [3.8, 4) is 5.75 Å². The molecule has 1 atom stereocenters. The first-order valence-electron chi connectivity index (χ1n) is 5.89. The molecule has 0 fully saturated rings. The van der Waals surface area contributed by atoms with Gasteiger partial charge in [0.25, 0.3) is 0 Å². The van der Waals surface area contributed by atoms with Crippen LogP contribution in [0.25, 0.3) is 0 Å². The Morgan fingerprint density at radius 2 is 1.94 bits per heavy atom. The van der Waals surface area contributed by atoms with Crippen LogP contribution < -0.4 is 10.1 Å². The molecular formula is C14H23NO. The Hall–Kier alpha value is -1.02. The molecule has 2 nitrogen and oxygen atoms in total. The number of benzene rings is 1. The van der Waals surface area contributed by atoms with E-state index in [1.807, 2.05) is 7.05 Å². The van der Waals surface area contributed by atoms with Crippen molar-refractivity contribution in [1.29, 1.82) is 0 Å². The van der Waals surface area contributed by atoms with Crippen LogP contribution in [0.2, 0.25) is 0 Å². The van der Waals surface area contributed by atoms with Crippen molar-refractivity contribution in [2.24, 2.45) is 0 Å². The third-order valence-electron chi connectivity index (χ3n) is 3.19. The Kier molecular flexibility index (Phi) is 4.81. The van der Waals surface area contributed by atoms with Gasteiger partial charge < -0.3 is 10.1 Å². The fourth-order valence-corrected chi connectivity index (χ4v) is 1.86. The molecule has 90 valence electrons. The van der Waals surface area contributed by atoms with E-state index in [0.29, 0.717) is 6.04 Å². The first-order chi connectivity index (χ1) is 7.58. The summed E-state index contributed by atoms with van der Waals surface area (Å²) in [4.78, 5) is 0. The summed E-state index contributed by atoms with van der Waals surface area (Å²) in [6, 6.07) is 4.95. The summed E-state index contributed by atoms with van der Waals surface area (Å²) in [5.41, 5.74) is 3.98. The van der Waals surface area contributed by atoms with Crippen LogP contribution in [0.3, 0.4) is 0 Å². The monoisotopic (exact) mass is 221 g/mol. The van der Waals surface area contributed by atoms with Gasteiger partial charge in [0.15, 0.2) is 0 Å². The fraction of sp³-hybridized carbons (Fsp3) is 0.571. The fourth-order valence-electron chi connectivity index (χ4n) is 1.86. The van der Waals surface area contributed by atoms with Gasteiger partial charge in [-0.1, -0.05) is 6.07 Å². The molecule has 0 aliphatic carbocycles. The minimum Gasteiger partial charge on any atom is -0.496 e. The van der Waals surface area contributed by atoms with Gasteiger partial charge in [-0.3, -0.25) is 0 Å². The van der Waals surface area contributed by atoms with Crippen molar-refractivity contribution in [2.75, 3.05) is 14.2 Å². The predicted molar refractivity (Wildman–Crippen MR) is 69.3 cm³/mol. The standard InChI is InChI=1S/C14H23NO/c1-10-9-14(16-5)11(2)8-13(10)7-6-12(3)15-4/h8-9,12,15H,6-7H2,1-5H3. The molecule has 2 heteroatoms. The lowest BCUT2D eigenvalue weighted by Gasteiger charge is -2.14. The summed E-state index contributed by atoms with van der Waals surface area (Å²) in [5, 5.41) is 3.27. The van der Waals surface area contributed by atoms with Crippen molar-refractivity contribution in [1.82, 2.24) is 5.32 Å². The van der Waals surface area contributed by atoms with Crippen LogP contribution in [0.5, 0.6) is 5.75 Å². The summed E-state index contributed by atoms with van der Waals surface area (Å²) in [7, 11) is 3.74. The topological polar surface area (TPSA) is 21.3 Å². The molecule has 0 aromatic heterocycles. The van der Waals surface area contributed by atoms with E-state index < -0.39 is 0 Å². The quantitative estimate of drug-likeness (QED) is 0.825. The Morgan fingerprint density at radius 1 is 1.25 bits per heavy atom. The summed E-state index contributed by atoms with van der Waals surface area (Å²) < 4.78 is 5.32. The molecular weight excluding hydrogens is 198 g/mol. The van der Waals surface area contributed by atoms with Crippen molar-refractivity contribution in [3.05, 3.63) is 28.8 Å². The van der Waals surface area contributed by atoms with Crippen LogP contribution in [-0.2, 0) is 6.42 Å². The highest BCUT2D eigenvalue weighted by Crippen LogP contribution is 2.23. The lowest BCUT2D eigenvalue weighted by molar-refractivity contribution is 0.411. The molecule has 0 radical (unpaired) electrons. The largest absolute Gasteiger partial charge is 0.496 e. The molecule has 0 bridgehead atoms. The number of aryl methyl sites for hydroxylation is 3. The van der Waals surface area contributed by atoms with Crippen LogP contribution in [0.15, 0.2) is 12.1 Å². The first-order valence-corrected chi connectivity index (χ1v) is 5.89. The number of ether oxygens (including phenoxy) is 1. The normalized spacial score (nSPS) is 12.6. The first kappa shape index (κ1) is 13.0. The van der Waals surface area contributed by atoms with Gasteiger partial charge in [0, 0.05) is 6.04 Å². The molecule has 1 rings (SSSR count). The van der Waals surface area contributed by atoms with Crippen LogP contribution >= 0.6 is 0 Å². The number of nitrogens with one attached hydrogen (secondary N) is 1. The maximum Gasteiger partial charge on any atom is 0.122 e. The van der Waals surface area contributed by atoms with E-state index >= 15 is 0 Å². The maximum atomic E-state index is 5.32. The van der Waals surface area contributed by atoms with Crippen molar-refractivity contribution in [2.45, 2.75) is 39.7 Å². The minimum atomic E-state index is 0.571. The van der Waals surface area contributed by atoms with E-state index in [2.05, 4.69) is 38.2 Å². The molecule has 1 N–H and O–H groups in total. The zero-order valence-corrected chi connectivity index (χ0v) is 11.1. The van der Waals surface area contributed by atoms with Crippen LogP contribution in [0.1, 0.15) is 30.0 Å². The molecule has 1 aromatic rings. The number of hydrogen-bond donors (Lipinski definition) is 1. The highest BCUT2D eigenvalue weighted by molar-refractivity contribution is 5.41. The van der Waals surface area contributed by atoms with E-state index in [4.69, 9.17) is 4.74 Å². The average Bonchev–Trinajstić information content (AvgIpc) is 2.29. The van der Waals surface area contributed by atoms with Gasteiger partial charge in [-0.15, -0.1) is 0 Å². The Balaban J connectivity index is 2.77. The molecule has 0 aliphatic heterocycles. The Labute approximate surface area is 99.0 Å². The van der Waals surface area contributed by atoms with E-state index in [1.165, 1.54) is 23.1 Å². The molecule has 1 aromatic carbocycles. The minimum absolute atomic E-state index is 0.571. The molecule has 0 spiro atoms. The highest BCUT2D eigenvalue weighted by Gasteiger charge is 2.06. The third-order valence-corrected chi connectivity index (χ3v) is 3.19. The Morgan fingerprint density at radius 3 is 2.50 bits per heavy atom. The summed E-state index contributed by atoms with van der Waals surface area (Å²) in [6.07, 6.45) is 2.29. The second kappa shape index (κ2) is 5.90. The van der Waals surface area contributed by atoms with E-state index in [-0.39, 0.29) is 0 Å². The zero-order valence-electron chi connectivity index (χ0n) is 11.1. The van der Waals surface area contributed by atoms with Gasteiger partial charge >= 0.3 is 0 Å². The van der Waals surface area contributed by atoms with Crippen molar-refractivity contribution in [3.63, 3.8) is 0 Å². The molecule has 16 heavy (non-hydrogen) atoms. The zero-order chi connectivity index (χ0) is 12.1. The lowest BCUT2D eigenvalue weighted by Crippen LogP contribution is -2.21. The third kappa shape index (κ3) is 3.24. The molecule has 1 unspecified atom stereocenters. The highest BCUT2D eigenvalue weighted by atomic mass is 16.5. The molecule has 0 aliphatic rings. The van der Waals surface area contributed by atoms with Crippen LogP contribution in [0, 0.1) is 13.8 Å². The van der Waals surface area contributed by atoms with Crippen LogP contribution in [-0.4, -0.2) is 20.2 Å². The number of rotatable bonds is 5. The van der Waals surface area contributed by atoms with E-state index in [1.54, 1.807) is 7.11 Å². The smallest absolute Gasteiger partial charge is 0.122 e. The van der Waals surface area contributed by atoms with Gasteiger partial charge in [-0.05, 0) is 63.4 Å². The number of hydrogen-bond acceptors (Lipinski definition) is 2. The van der Waals surface area contributed by atoms with Gasteiger partial charge in [0.2, 0.25) is 0 Å². The van der Waals surface area contributed by atoms with Gasteiger partial charge in [-0.2, -0.15) is 0 Å². The Bertz CT molecular complexity index is 347. The van der Waals surface area contributed by atoms with Crippen molar-refractivity contribution >= 4 is 0 Å². The van der Waals surface area contributed by atoms with Gasteiger partial charge in [0.1, 0.15) is 5.75 Å². The summed E-state index contributed by atoms with van der Waals surface area (Å²) in [6.45, 7) is 6.47. The van der Waals surface area contributed by atoms with E-state index in [0.717, 1.165) is 12.2 Å². The summed E-state index contributed by atoms with van der Waals surface area (Å²) in [5.74, 6) is 0.989. The number of methoxy groups -OCH3 is 1.